The van der Waals surface area contributed by atoms with Crippen LogP contribution in [0.2, 0.25) is 0 Å². The van der Waals surface area contributed by atoms with Crippen LogP contribution in [0.4, 0.5) is 5.82 Å². The maximum atomic E-state index is 12.8. The Bertz CT molecular complexity index is 1820. The predicted octanol–water partition coefficient (Wildman–Crippen LogP) is 7.43. The number of aromatic nitrogens is 2. The molecular formula is C45H75N3O16P2. The molecule has 2 rings (SSSR count). The summed E-state index contributed by atoms with van der Waals surface area (Å²) in [7, 11) is -10.9. The Labute approximate surface area is 389 Å². The van der Waals surface area contributed by atoms with Crippen molar-refractivity contribution >= 4 is 33.4 Å². The summed E-state index contributed by atoms with van der Waals surface area (Å²) in [5, 5.41) is 30.9. The molecular weight excluding hydrogens is 900 g/mol. The first kappa shape index (κ1) is 58.8. The van der Waals surface area contributed by atoms with Gasteiger partial charge in [0, 0.05) is 19.0 Å². The summed E-state index contributed by atoms with van der Waals surface area (Å²) in [6.45, 7) is 4.17. The minimum absolute atomic E-state index is 0.0160. The summed E-state index contributed by atoms with van der Waals surface area (Å²) in [4.78, 5) is 61.6. The standard InChI is InChI=1S/C45H75N3O16P2/c1-4-5-6-7-10-16-21-26-36(49)27-22-17-12-9-13-18-23-28-40(50)59-32-37(62-41(51)29-24-19-14-8-11-15-20-25-35(2)3)33-60-65(55,56)64-66(57,58)61-34-38-42(52)43(53)44(63-38)48-31-30-39(46)47-45(48)54/h9-10,13,16-17,21-22,26,30-31,35-38,42-44,49,52-53H,4-8,11-12,14-15,18-20,23-25,27-29,32-34H2,1-3H3,(H,55,56)(H,57,58)(H2,46,47,54)/b13-9+,16-10-,22-17-,26-21-/t36-,37-,38-,42-,43-,44-/m1/s1. The van der Waals surface area contributed by atoms with Crippen molar-refractivity contribution in [1.82, 2.24) is 9.55 Å². The third kappa shape index (κ3) is 26.9. The molecule has 8 atom stereocenters. The number of hydrogen-bond acceptors (Lipinski definition) is 16. The van der Waals surface area contributed by atoms with Crippen LogP contribution in [0.5, 0.6) is 0 Å². The first-order valence-corrected chi connectivity index (χ1v) is 26.1. The van der Waals surface area contributed by atoms with Gasteiger partial charge in [-0.25, -0.2) is 13.9 Å². The number of unbranched alkanes of at least 4 members (excludes halogenated alkanes) is 10. The number of allylic oxidation sites excluding steroid dienone is 6. The molecule has 7 N–H and O–H groups in total. The molecule has 1 aliphatic rings. The van der Waals surface area contributed by atoms with E-state index in [9.17, 15) is 48.6 Å². The first-order valence-electron chi connectivity index (χ1n) is 23.1. The lowest BCUT2D eigenvalue weighted by molar-refractivity contribution is -0.161. The molecule has 0 radical (unpaired) electrons. The topological polar surface area (TPSA) is 286 Å². The zero-order chi connectivity index (χ0) is 48.8. The number of nitrogen functional groups attached to an aromatic ring is 1. The van der Waals surface area contributed by atoms with Gasteiger partial charge in [0.25, 0.3) is 0 Å². The number of nitrogens with zero attached hydrogens (tertiary/aromatic N) is 2. The fraction of sp³-hybridized carbons (Fsp3) is 0.689. The molecule has 0 saturated carbocycles. The minimum atomic E-state index is -5.44. The highest BCUT2D eigenvalue weighted by Gasteiger charge is 2.46. The lowest BCUT2D eigenvalue weighted by Gasteiger charge is -2.21. The number of aliphatic hydroxyl groups excluding tert-OH is 3. The molecule has 0 aliphatic carbocycles. The molecule has 1 aromatic heterocycles. The van der Waals surface area contributed by atoms with E-state index in [4.69, 9.17) is 29.0 Å². The van der Waals surface area contributed by atoms with Crippen molar-refractivity contribution in [1.29, 1.82) is 0 Å². The third-order valence-electron chi connectivity index (χ3n) is 10.2. The van der Waals surface area contributed by atoms with Crippen molar-refractivity contribution in [3.8, 4) is 0 Å². The van der Waals surface area contributed by atoms with Gasteiger partial charge in [0.15, 0.2) is 12.3 Å². The number of aliphatic hydroxyl groups is 3. The normalized spacial score (nSPS) is 20.7. The number of carbonyl (C=O) groups excluding carboxylic acids is 2. The molecule has 0 spiro atoms. The highest BCUT2D eigenvalue weighted by molar-refractivity contribution is 7.61. The fourth-order valence-corrected chi connectivity index (χ4v) is 8.62. The number of carbonyl (C=O) groups is 2. The molecule has 19 nitrogen and oxygen atoms in total. The van der Waals surface area contributed by atoms with Crippen LogP contribution in [0, 0.1) is 5.92 Å². The SMILES string of the molecule is CCCCC/C=C\C=C/[C@@H](O)C/C=C\C/C=C/CCCC(=O)OC[C@H](COP(=O)(O)OP(=O)(O)OC[C@H]1O[C@@H](n2ccc(N)nc2=O)[C@H](O)[C@@H]1O)OC(=O)CCCCCCCCCC(C)C. The number of rotatable bonds is 36. The van der Waals surface area contributed by atoms with Crippen molar-refractivity contribution in [3.05, 3.63) is 71.4 Å². The summed E-state index contributed by atoms with van der Waals surface area (Å²) >= 11 is 0. The summed E-state index contributed by atoms with van der Waals surface area (Å²) in [6, 6.07) is 1.24. The molecule has 0 aromatic carbocycles. The van der Waals surface area contributed by atoms with Gasteiger partial charge in [0.1, 0.15) is 30.7 Å². The number of hydrogen-bond donors (Lipinski definition) is 6. The van der Waals surface area contributed by atoms with E-state index in [1.807, 2.05) is 36.5 Å². The van der Waals surface area contributed by atoms with Crippen molar-refractivity contribution in [3.63, 3.8) is 0 Å². The minimum Gasteiger partial charge on any atom is -0.462 e. The Balaban J connectivity index is 1.86. The summed E-state index contributed by atoms with van der Waals surface area (Å²) < 4.78 is 56.4. The molecule has 0 bridgehead atoms. The zero-order valence-corrected chi connectivity index (χ0v) is 40.5. The van der Waals surface area contributed by atoms with E-state index in [-0.39, 0.29) is 18.7 Å². The number of phosphoric acid groups is 2. The summed E-state index contributed by atoms with van der Waals surface area (Å²) in [5.41, 5.74) is 4.56. The Morgan fingerprint density at radius 3 is 2.23 bits per heavy atom. The van der Waals surface area contributed by atoms with Crippen LogP contribution in [0.25, 0.3) is 0 Å². The highest BCUT2D eigenvalue weighted by Crippen LogP contribution is 2.60. The Morgan fingerprint density at radius 2 is 1.52 bits per heavy atom. The molecule has 2 heterocycles. The van der Waals surface area contributed by atoms with E-state index in [1.165, 1.54) is 31.7 Å². The monoisotopic (exact) mass is 975 g/mol. The zero-order valence-electron chi connectivity index (χ0n) is 38.8. The van der Waals surface area contributed by atoms with Gasteiger partial charge in [-0.05, 0) is 56.9 Å². The fourth-order valence-electron chi connectivity index (χ4n) is 6.51. The lowest BCUT2D eigenvalue weighted by atomic mass is 10.0. The van der Waals surface area contributed by atoms with Crippen molar-refractivity contribution < 1.29 is 71.4 Å². The van der Waals surface area contributed by atoms with Gasteiger partial charge in [0.2, 0.25) is 0 Å². The Morgan fingerprint density at radius 1 is 0.848 bits per heavy atom. The second-order valence-electron chi connectivity index (χ2n) is 16.6. The van der Waals surface area contributed by atoms with E-state index in [0.29, 0.717) is 38.0 Å². The number of ether oxygens (including phenoxy) is 3. The van der Waals surface area contributed by atoms with Gasteiger partial charge in [-0.2, -0.15) is 9.29 Å². The average molecular weight is 976 g/mol. The van der Waals surface area contributed by atoms with Crippen LogP contribution >= 0.6 is 15.6 Å². The molecule has 2 unspecified atom stereocenters. The van der Waals surface area contributed by atoms with Gasteiger partial charge in [-0.3, -0.25) is 23.2 Å². The third-order valence-corrected chi connectivity index (χ3v) is 12.8. The molecule has 0 amide bonds. The van der Waals surface area contributed by atoms with E-state index >= 15 is 0 Å². The van der Waals surface area contributed by atoms with E-state index in [0.717, 1.165) is 55.7 Å². The van der Waals surface area contributed by atoms with Crippen molar-refractivity contribution in [2.45, 2.75) is 173 Å². The van der Waals surface area contributed by atoms with E-state index in [1.54, 1.807) is 6.08 Å². The molecule has 1 saturated heterocycles. The van der Waals surface area contributed by atoms with Gasteiger partial charge in [-0.1, -0.05) is 127 Å². The lowest BCUT2D eigenvalue weighted by Crippen LogP contribution is -2.36. The Hall–Kier alpha value is -3.32. The highest BCUT2D eigenvalue weighted by atomic mass is 31.3. The average Bonchev–Trinajstić information content (AvgIpc) is 3.53. The van der Waals surface area contributed by atoms with Crippen LogP contribution < -0.4 is 11.4 Å². The second kappa shape index (κ2) is 33.2. The van der Waals surface area contributed by atoms with E-state index in [2.05, 4.69) is 36.1 Å². The van der Waals surface area contributed by atoms with Gasteiger partial charge in [-0.15, -0.1) is 0 Å². The molecule has 1 aliphatic heterocycles. The van der Waals surface area contributed by atoms with Crippen LogP contribution in [-0.2, 0) is 46.3 Å². The number of esters is 2. The van der Waals surface area contributed by atoms with Crippen LogP contribution in [0.15, 0.2) is 65.7 Å². The smallest absolute Gasteiger partial charge is 0.462 e. The number of nitrogens with two attached hydrogens (primary N) is 1. The first-order chi connectivity index (χ1) is 31.4. The largest absolute Gasteiger partial charge is 0.481 e. The molecule has 1 fully saturated rings. The van der Waals surface area contributed by atoms with Gasteiger partial charge >= 0.3 is 33.3 Å². The number of phosphoric ester groups is 2. The molecule has 1 aromatic rings. The maximum Gasteiger partial charge on any atom is 0.481 e. The quantitative estimate of drug-likeness (QED) is 0.0125. The van der Waals surface area contributed by atoms with Gasteiger partial charge < -0.3 is 45.1 Å². The van der Waals surface area contributed by atoms with Crippen molar-refractivity contribution in [2.24, 2.45) is 5.92 Å². The number of anilines is 1. The summed E-state index contributed by atoms with van der Waals surface area (Å²) in [6.07, 6.45) is 22.8. The summed E-state index contributed by atoms with van der Waals surface area (Å²) in [5.74, 6) is -0.740. The second-order valence-corrected chi connectivity index (χ2v) is 19.6. The van der Waals surface area contributed by atoms with E-state index < -0.39 is 89.8 Å². The van der Waals surface area contributed by atoms with Crippen molar-refractivity contribution in [2.75, 3.05) is 25.6 Å². The van der Waals surface area contributed by atoms with Gasteiger partial charge in [0.05, 0.1) is 19.3 Å². The Kier molecular flexibility index (Phi) is 29.6. The van der Waals surface area contributed by atoms with Crippen LogP contribution in [-0.4, -0.2) is 96.9 Å². The molecule has 21 heteroatoms. The van der Waals surface area contributed by atoms with Crippen LogP contribution in [0.1, 0.15) is 143 Å². The predicted molar refractivity (Wildman–Crippen MR) is 248 cm³/mol. The van der Waals surface area contributed by atoms with Crippen LogP contribution in [0.3, 0.4) is 0 Å². The molecule has 66 heavy (non-hydrogen) atoms. The maximum absolute atomic E-state index is 12.8. The molecule has 376 valence electrons.